The molecule has 0 aliphatic heterocycles. The second-order valence-electron chi connectivity index (χ2n) is 4.18. The highest BCUT2D eigenvalue weighted by Gasteiger charge is 2.22. The fourth-order valence-corrected chi connectivity index (χ4v) is 2.03. The van der Waals surface area contributed by atoms with Gasteiger partial charge in [0.1, 0.15) is 0 Å². The van der Waals surface area contributed by atoms with E-state index in [1.54, 1.807) is 0 Å². The topological polar surface area (TPSA) is 18.5 Å². The zero-order valence-electron chi connectivity index (χ0n) is 9.78. The van der Waals surface area contributed by atoms with E-state index >= 15 is 0 Å². The molecule has 0 bridgehead atoms. The number of halogens is 1. The van der Waals surface area contributed by atoms with Crippen molar-refractivity contribution < 1.29 is 9.47 Å². The number of rotatable bonds is 5. The molecule has 4 atom stereocenters. The number of hydrogen-bond acceptors (Lipinski definition) is 2. The smallest absolute Gasteiger partial charge is 0.170 e. The number of ether oxygens (including phenoxy) is 2. The highest BCUT2D eigenvalue weighted by atomic mass is 79.9. The molecule has 2 nitrogen and oxygen atoms in total. The van der Waals surface area contributed by atoms with Crippen molar-refractivity contribution >= 4 is 15.9 Å². The van der Waals surface area contributed by atoms with Crippen molar-refractivity contribution in [1.29, 1.82) is 0 Å². The van der Waals surface area contributed by atoms with Gasteiger partial charge in [0.25, 0.3) is 0 Å². The Hall–Kier alpha value is 0.140. The molecule has 2 unspecified atom stereocenters. The predicted octanol–water partition coefficient (Wildman–Crippen LogP) is 3.50. The molecule has 3 heteroatoms. The van der Waals surface area contributed by atoms with Crippen molar-refractivity contribution in [2.45, 2.75) is 50.8 Å². The second-order valence-corrected chi connectivity index (χ2v) is 5.62. The highest BCUT2D eigenvalue weighted by Crippen LogP contribution is 2.23. The van der Waals surface area contributed by atoms with Crippen LogP contribution < -0.4 is 0 Å². The number of hydrogen-bond donors (Lipinski definition) is 0. The molecule has 0 fully saturated rings. The Kier molecular flexibility index (Phi) is 5.87. The molecule has 0 spiro atoms. The van der Waals surface area contributed by atoms with Crippen LogP contribution in [0.15, 0.2) is 12.2 Å². The van der Waals surface area contributed by atoms with Gasteiger partial charge in [-0.3, -0.25) is 0 Å². The van der Waals surface area contributed by atoms with Gasteiger partial charge >= 0.3 is 0 Å². The molecular weight excluding hydrogens is 256 g/mol. The van der Waals surface area contributed by atoms with Crippen LogP contribution in [-0.4, -0.2) is 23.8 Å². The highest BCUT2D eigenvalue weighted by molar-refractivity contribution is 9.09. The van der Waals surface area contributed by atoms with E-state index in [9.17, 15) is 0 Å². The monoisotopic (exact) mass is 276 g/mol. The lowest BCUT2D eigenvalue weighted by atomic mass is 9.94. The summed E-state index contributed by atoms with van der Waals surface area (Å²) in [6.45, 7) is 6.99. The summed E-state index contributed by atoms with van der Waals surface area (Å²) in [5, 5.41) is 0. The summed E-state index contributed by atoms with van der Waals surface area (Å²) in [4.78, 5) is 0.225. The summed E-state index contributed by atoms with van der Waals surface area (Å²) in [6.07, 6.45) is 6.70. The van der Waals surface area contributed by atoms with Crippen LogP contribution in [0.4, 0.5) is 0 Å². The normalized spacial score (nSPS) is 30.1. The van der Waals surface area contributed by atoms with Crippen LogP contribution in [0.25, 0.3) is 0 Å². The Balaban J connectivity index is 2.43. The van der Waals surface area contributed by atoms with Crippen LogP contribution >= 0.6 is 15.9 Å². The molecule has 1 aliphatic rings. The van der Waals surface area contributed by atoms with Crippen LogP contribution in [0.1, 0.15) is 33.6 Å². The molecule has 0 heterocycles. The molecule has 1 aliphatic carbocycles. The summed E-state index contributed by atoms with van der Waals surface area (Å²) in [6, 6.07) is 0. The zero-order chi connectivity index (χ0) is 11.3. The van der Waals surface area contributed by atoms with E-state index in [0.717, 1.165) is 6.42 Å². The van der Waals surface area contributed by atoms with E-state index in [-0.39, 0.29) is 17.2 Å². The Morgan fingerprint density at radius 2 is 2.27 bits per heavy atom. The van der Waals surface area contributed by atoms with Gasteiger partial charge in [-0.1, -0.05) is 35.0 Å². The van der Waals surface area contributed by atoms with Gasteiger partial charge in [-0.05, 0) is 32.6 Å². The number of alkyl halides is 1. The average molecular weight is 277 g/mol. The molecule has 0 saturated carbocycles. The molecule has 0 aromatic heterocycles. The van der Waals surface area contributed by atoms with Gasteiger partial charge in [0.2, 0.25) is 0 Å². The summed E-state index contributed by atoms with van der Waals surface area (Å²) in [5.74, 6) is 0.716. The summed E-state index contributed by atoms with van der Waals surface area (Å²) in [7, 11) is 0. The van der Waals surface area contributed by atoms with E-state index in [1.165, 1.54) is 6.42 Å². The standard InChI is InChI=1S/C12H21BrO2/c1-4-14-12(10(3)13)15-11-7-5-6-9(2)8-11/h5,7,9-12H,4,6,8H2,1-3H3/t9-,10?,11-,12?/m0/s1. The van der Waals surface area contributed by atoms with Crippen LogP contribution in [0, 0.1) is 5.92 Å². The summed E-state index contributed by atoms with van der Waals surface area (Å²) >= 11 is 3.51. The van der Waals surface area contributed by atoms with E-state index in [2.05, 4.69) is 41.9 Å². The van der Waals surface area contributed by atoms with E-state index in [1.807, 2.05) is 6.92 Å². The minimum atomic E-state index is -0.144. The molecule has 0 N–H and O–H groups in total. The predicted molar refractivity (Wildman–Crippen MR) is 66.2 cm³/mol. The first kappa shape index (κ1) is 13.2. The van der Waals surface area contributed by atoms with Gasteiger partial charge in [0, 0.05) is 6.61 Å². The lowest BCUT2D eigenvalue weighted by Gasteiger charge is -2.28. The SMILES string of the molecule is CCOC(O[C@H]1C=CC[C@H](C)C1)C(C)Br. The Morgan fingerprint density at radius 3 is 2.80 bits per heavy atom. The molecule has 15 heavy (non-hydrogen) atoms. The van der Waals surface area contributed by atoms with Crippen molar-refractivity contribution in [3.05, 3.63) is 12.2 Å². The van der Waals surface area contributed by atoms with Crippen LogP contribution in [0.3, 0.4) is 0 Å². The molecule has 0 radical (unpaired) electrons. The molecule has 0 aromatic carbocycles. The first-order valence-corrected chi connectivity index (χ1v) is 6.62. The van der Waals surface area contributed by atoms with Gasteiger partial charge in [-0.15, -0.1) is 0 Å². The lowest BCUT2D eigenvalue weighted by Crippen LogP contribution is -2.31. The van der Waals surface area contributed by atoms with E-state index in [0.29, 0.717) is 12.5 Å². The van der Waals surface area contributed by atoms with Gasteiger partial charge in [0.15, 0.2) is 6.29 Å². The third-order valence-electron chi connectivity index (χ3n) is 2.54. The van der Waals surface area contributed by atoms with Gasteiger partial charge in [-0.25, -0.2) is 0 Å². The summed E-state index contributed by atoms with van der Waals surface area (Å²) in [5.41, 5.74) is 0. The quantitative estimate of drug-likeness (QED) is 0.435. The Morgan fingerprint density at radius 1 is 1.53 bits per heavy atom. The molecular formula is C12H21BrO2. The van der Waals surface area contributed by atoms with Crippen molar-refractivity contribution in [1.82, 2.24) is 0 Å². The van der Waals surface area contributed by atoms with Crippen molar-refractivity contribution in [3.8, 4) is 0 Å². The lowest BCUT2D eigenvalue weighted by molar-refractivity contribution is -0.157. The fourth-order valence-electron chi connectivity index (χ4n) is 1.75. The first-order valence-electron chi connectivity index (χ1n) is 5.71. The van der Waals surface area contributed by atoms with Gasteiger partial charge < -0.3 is 9.47 Å². The minimum Gasteiger partial charge on any atom is -0.352 e. The Labute approximate surface area is 101 Å². The molecule has 0 saturated heterocycles. The van der Waals surface area contributed by atoms with Crippen molar-refractivity contribution in [2.75, 3.05) is 6.61 Å². The summed E-state index contributed by atoms with van der Waals surface area (Å²) < 4.78 is 11.4. The third-order valence-corrected chi connectivity index (χ3v) is 2.97. The minimum absolute atomic E-state index is 0.144. The molecule has 88 valence electrons. The van der Waals surface area contributed by atoms with Crippen LogP contribution in [-0.2, 0) is 9.47 Å². The zero-order valence-corrected chi connectivity index (χ0v) is 11.4. The van der Waals surface area contributed by atoms with E-state index in [4.69, 9.17) is 9.47 Å². The average Bonchev–Trinajstić information content (AvgIpc) is 2.17. The van der Waals surface area contributed by atoms with Crippen molar-refractivity contribution in [2.24, 2.45) is 5.92 Å². The third kappa shape index (κ3) is 4.66. The maximum absolute atomic E-state index is 5.91. The van der Waals surface area contributed by atoms with Crippen LogP contribution in [0.2, 0.25) is 0 Å². The molecule has 0 aromatic rings. The largest absolute Gasteiger partial charge is 0.352 e. The maximum atomic E-state index is 5.91. The van der Waals surface area contributed by atoms with Crippen LogP contribution in [0.5, 0.6) is 0 Å². The maximum Gasteiger partial charge on any atom is 0.170 e. The van der Waals surface area contributed by atoms with Crippen molar-refractivity contribution in [3.63, 3.8) is 0 Å². The first-order chi connectivity index (χ1) is 7.13. The molecule has 0 amide bonds. The van der Waals surface area contributed by atoms with Gasteiger partial charge in [0.05, 0.1) is 10.9 Å². The van der Waals surface area contributed by atoms with E-state index < -0.39 is 0 Å². The Bertz CT molecular complexity index is 204. The number of allylic oxidation sites excluding steroid dienone is 1. The van der Waals surface area contributed by atoms with Gasteiger partial charge in [-0.2, -0.15) is 0 Å². The fraction of sp³-hybridized carbons (Fsp3) is 0.833. The molecule has 1 rings (SSSR count). The second kappa shape index (κ2) is 6.66.